The number of hydrogen-bond donors (Lipinski definition) is 1. The Bertz CT molecular complexity index is 375. The largest absolute Gasteiger partial charge is 0.477 e. The molecule has 0 spiro atoms. The van der Waals surface area contributed by atoms with Crippen LogP contribution in [0.15, 0.2) is 4.99 Å². The van der Waals surface area contributed by atoms with Crippen molar-refractivity contribution < 1.29 is 9.90 Å². The second-order valence-corrected chi connectivity index (χ2v) is 3.36. The molecule has 0 amide bonds. The summed E-state index contributed by atoms with van der Waals surface area (Å²) in [5.74, 6) is -0.886. The zero-order chi connectivity index (χ0) is 9.30. The van der Waals surface area contributed by atoms with Crippen LogP contribution in [0.2, 0.25) is 0 Å². The number of nitrogens with zero attached hydrogens (tertiary/aromatic N) is 2. The van der Waals surface area contributed by atoms with Crippen molar-refractivity contribution in [1.82, 2.24) is 4.57 Å². The second-order valence-electron chi connectivity index (χ2n) is 2.39. The molecule has 1 aromatic rings. The number of aromatic carboxylic acids is 1. The SMILES string of the molecule is CN=c1sc(C(=O)O)c(C)n1C. The molecule has 0 atom stereocenters. The molecule has 1 rings (SSSR count). The standard InChI is InChI=1S/C7H10N2O2S/c1-4-5(6(10)11)12-7(8-2)9(4)3/h1-3H3,(H,10,11). The van der Waals surface area contributed by atoms with E-state index in [2.05, 4.69) is 4.99 Å². The van der Waals surface area contributed by atoms with Gasteiger partial charge in [0.05, 0.1) is 0 Å². The van der Waals surface area contributed by atoms with Crippen LogP contribution < -0.4 is 4.80 Å². The first-order valence-corrected chi connectivity index (χ1v) is 4.22. The van der Waals surface area contributed by atoms with E-state index in [4.69, 9.17) is 5.11 Å². The molecular weight excluding hydrogens is 176 g/mol. The van der Waals surface area contributed by atoms with Gasteiger partial charge in [0.15, 0.2) is 4.80 Å². The number of aromatic nitrogens is 1. The predicted octanol–water partition coefficient (Wildman–Crippen LogP) is 0.624. The molecule has 1 aromatic heterocycles. The van der Waals surface area contributed by atoms with Crippen molar-refractivity contribution in [1.29, 1.82) is 0 Å². The molecule has 1 heterocycles. The van der Waals surface area contributed by atoms with Crippen molar-refractivity contribution in [3.8, 4) is 0 Å². The summed E-state index contributed by atoms with van der Waals surface area (Å²) < 4.78 is 1.77. The Morgan fingerprint density at radius 1 is 1.67 bits per heavy atom. The van der Waals surface area contributed by atoms with E-state index in [9.17, 15) is 4.79 Å². The Hall–Kier alpha value is -1.10. The zero-order valence-electron chi connectivity index (χ0n) is 7.16. The van der Waals surface area contributed by atoms with Crippen LogP contribution in [0.4, 0.5) is 0 Å². The van der Waals surface area contributed by atoms with Gasteiger partial charge in [-0.25, -0.2) is 4.79 Å². The van der Waals surface area contributed by atoms with Crippen molar-refractivity contribution in [2.45, 2.75) is 6.92 Å². The average Bonchev–Trinajstić information content (AvgIpc) is 2.30. The van der Waals surface area contributed by atoms with Crippen molar-refractivity contribution in [2.75, 3.05) is 7.05 Å². The fourth-order valence-corrected chi connectivity index (χ4v) is 1.84. The first kappa shape index (κ1) is 8.99. The van der Waals surface area contributed by atoms with Crippen LogP contribution in [-0.2, 0) is 7.05 Å². The third kappa shape index (κ3) is 1.27. The van der Waals surface area contributed by atoms with Gasteiger partial charge in [0.1, 0.15) is 4.88 Å². The lowest BCUT2D eigenvalue weighted by atomic mass is 10.4. The summed E-state index contributed by atoms with van der Waals surface area (Å²) in [4.78, 5) is 15.7. The van der Waals surface area contributed by atoms with Gasteiger partial charge < -0.3 is 9.67 Å². The highest BCUT2D eigenvalue weighted by Gasteiger charge is 2.12. The maximum absolute atomic E-state index is 10.7. The molecule has 0 fully saturated rings. The molecule has 0 aromatic carbocycles. The van der Waals surface area contributed by atoms with Crippen LogP contribution >= 0.6 is 11.3 Å². The molecule has 0 aliphatic carbocycles. The van der Waals surface area contributed by atoms with Gasteiger partial charge >= 0.3 is 5.97 Å². The van der Waals surface area contributed by atoms with Gasteiger partial charge in [0, 0.05) is 19.8 Å². The van der Waals surface area contributed by atoms with E-state index in [0.717, 1.165) is 10.5 Å². The van der Waals surface area contributed by atoms with Gasteiger partial charge in [-0.05, 0) is 6.92 Å². The molecule has 0 aliphatic heterocycles. The lowest BCUT2D eigenvalue weighted by molar-refractivity contribution is 0.0701. The van der Waals surface area contributed by atoms with Crippen molar-refractivity contribution in [3.05, 3.63) is 15.4 Å². The highest BCUT2D eigenvalue weighted by atomic mass is 32.1. The fourth-order valence-electron chi connectivity index (χ4n) is 0.923. The normalized spacial score (nSPS) is 12.1. The van der Waals surface area contributed by atoms with E-state index in [1.54, 1.807) is 25.6 Å². The molecule has 12 heavy (non-hydrogen) atoms. The van der Waals surface area contributed by atoms with Gasteiger partial charge in [-0.1, -0.05) is 11.3 Å². The van der Waals surface area contributed by atoms with Crippen LogP contribution in [0.5, 0.6) is 0 Å². The van der Waals surface area contributed by atoms with Gasteiger partial charge in [-0.2, -0.15) is 0 Å². The zero-order valence-corrected chi connectivity index (χ0v) is 7.97. The van der Waals surface area contributed by atoms with E-state index in [1.807, 2.05) is 0 Å². The summed E-state index contributed by atoms with van der Waals surface area (Å²) in [5.41, 5.74) is 0.744. The third-order valence-corrected chi connectivity index (χ3v) is 3.01. The summed E-state index contributed by atoms with van der Waals surface area (Å²) in [6, 6.07) is 0. The average molecular weight is 186 g/mol. The van der Waals surface area contributed by atoms with Crippen LogP contribution in [0.1, 0.15) is 15.4 Å². The Kier molecular flexibility index (Phi) is 2.32. The number of rotatable bonds is 1. The molecule has 4 nitrogen and oxygen atoms in total. The van der Waals surface area contributed by atoms with Crippen molar-refractivity contribution >= 4 is 17.3 Å². The topological polar surface area (TPSA) is 54.6 Å². The number of carboxylic acids is 1. The van der Waals surface area contributed by atoms with Crippen LogP contribution in [0, 0.1) is 6.92 Å². The molecular formula is C7H10N2O2S. The van der Waals surface area contributed by atoms with Crippen LogP contribution in [-0.4, -0.2) is 22.7 Å². The van der Waals surface area contributed by atoms with Gasteiger partial charge in [0.25, 0.3) is 0 Å². The first-order valence-electron chi connectivity index (χ1n) is 3.40. The van der Waals surface area contributed by atoms with E-state index in [1.165, 1.54) is 11.3 Å². The highest BCUT2D eigenvalue weighted by molar-refractivity contribution is 7.11. The quantitative estimate of drug-likeness (QED) is 0.699. The van der Waals surface area contributed by atoms with Gasteiger partial charge in [-0.15, -0.1) is 0 Å². The van der Waals surface area contributed by atoms with Gasteiger partial charge in [-0.3, -0.25) is 4.99 Å². The fraction of sp³-hybridized carbons (Fsp3) is 0.429. The lowest BCUT2D eigenvalue weighted by Crippen LogP contribution is -2.10. The molecule has 1 N–H and O–H groups in total. The second kappa shape index (κ2) is 3.10. The molecule has 5 heteroatoms. The Morgan fingerprint density at radius 2 is 2.25 bits per heavy atom. The first-order chi connectivity index (χ1) is 5.57. The summed E-state index contributed by atoms with van der Waals surface area (Å²) >= 11 is 1.19. The summed E-state index contributed by atoms with van der Waals surface area (Å²) in [6.07, 6.45) is 0. The minimum absolute atomic E-state index is 0.359. The number of hydrogen-bond acceptors (Lipinski definition) is 3. The van der Waals surface area contributed by atoms with Crippen LogP contribution in [0.25, 0.3) is 0 Å². The smallest absolute Gasteiger partial charge is 0.347 e. The monoisotopic (exact) mass is 186 g/mol. The number of thiazole rings is 1. The molecule has 66 valence electrons. The number of carbonyl (C=O) groups is 1. The minimum Gasteiger partial charge on any atom is -0.477 e. The van der Waals surface area contributed by atoms with Gasteiger partial charge in [0.2, 0.25) is 0 Å². The maximum atomic E-state index is 10.7. The number of carboxylic acid groups (broad SMARTS) is 1. The van der Waals surface area contributed by atoms with Crippen molar-refractivity contribution in [2.24, 2.45) is 12.0 Å². The van der Waals surface area contributed by atoms with E-state index >= 15 is 0 Å². The molecule has 0 bridgehead atoms. The Morgan fingerprint density at radius 3 is 2.50 bits per heavy atom. The summed E-state index contributed by atoms with van der Waals surface area (Å²) in [5, 5.41) is 8.75. The predicted molar refractivity (Wildman–Crippen MR) is 46.5 cm³/mol. The molecule has 0 radical (unpaired) electrons. The Balaban J connectivity index is 3.46. The van der Waals surface area contributed by atoms with Crippen LogP contribution in [0.3, 0.4) is 0 Å². The minimum atomic E-state index is -0.886. The van der Waals surface area contributed by atoms with Crippen molar-refractivity contribution in [3.63, 3.8) is 0 Å². The summed E-state index contributed by atoms with van der Waals surface area (Å²) in [7, 11) is 3.46. The van der Waals surface area contributed by atoms with E-state index in [-0.39, 0.29) is 0 Å². The van der Waals surface area contributed by atoms with E-state index in [0.29, 0.717) is 4.88 Å². The molecule has 0 aliphatic rings. The molecule has 0 unspecified atom stereocenters. The summed E-state index contributed by atoms with van der Waals surface area (Å²) in [6.45, 7) is 1.77. The Labute approximate surface area is 73.8 Å². The van der Waals surface area contributed by atoms with E-state index < -0.39 is 5.97 Å². The molecule has 0 saturated carbocycles. The lowest BCUT2D eigenvalue weighted by Gasteiger charge is -1.94. The maximum Gasteiger partial charge on any atom is 0.347 e. The third-order valence-electron chi connectivity index (χ3n) is 1.70. The molecule has 0 saturated heterocycles. The highest BCUT2D eigenvalue weighted by Crippen LogP contribution is 2.09.